The van der Waals surface area contributed by atoms with Crippen molar-refractivity contribution in [3.8, 4) is 0 Å². The molecule has 0 aromatic carbocycles. The van der Waals surface area contributed by atoms with Gasteiger partial charge in [0, 0.05) is 25.2 Å². The van der Waals surface area contributed by atoms with Crippen molar-refractivity contribution in [2.45, 2.75) is 38.8 Å². The van der Waals surface area contributed by atoms with Crippen LogP contribution in [0.4, 0.5) is 0 Å². The maximum Gasteiger partial charge on any atom is 0.234 e. The molecule has 0 unspecified atom stereocenters. The minimum absolute atomic E-state index is 0. The smallest absolute Gasteiger partial charge is 0.234 e. The summed E-state index contributed by atoms with van der Waals surface area (Å²) in [6, 6.07) is 0.877. The van der Waals surface area contributed by atoms with E-state index in [1.807, 2.05) is 20.9 Å². The van der Waals surface area contributed by atoms with E-state index in [1.165, 1.54) is 0 Å². The van der Waals surface area contributed by atoms with Crippen molar-refractivity contribution in [3.05, 3.63) is 0 Å². The van der Waals surface area contributed by atoms with Crippen molar-refractivity contribution >= 4 is 18.3 Å². The summed E-state index contributed by atoms with van der Waals surface area (Å²) in [6.45, 7) is 6.58. The van der Waals surface area contributed by atoms with Gasteiger partial charge in [-0.2, -0.15) is 0 Å². The molecule has 1 heterocycles. The lowest BCUT2D eigenvalue weighted by Crippen LogP contribution is -2.46. The molecular weight excluding hydrogens is 226 g/mol. The first-order valence-electron chi connectivity index (χ1n) is 5.80. The quantitative estimate of drug-likeness (QED) is 0.768. The third-order valence-corrected chi connectivity index (χ3v) is 2.81. The van der Waals surface area contributed by atoms with Crippen LogP contribution in [0.2, 0.25) is 0 Å². The van der Waals surface area contributed by atoms with Gasteiger partial charge in [0.1, 0.15) is 0 Å². The lowest BCUT2D eigenvalue weighted by Gasteiger charge is -2.31. The van der Waals surface area contributed by atoms with Gasteiger partial charge in [-0.25, -0.2) is 0 Å². The molecule has 96 valence electrons. The number of piperidine rings is 1. The van der Waals surface area contributed by atoms with E-state index in [-0.39, 0.29) is 24.4 Å². The molecule has 1 aliphatic rings. The second-order valence-corrected chi connectivity index (χ2v) is 4.56. The average molecular weight is 250 g/mol. The number of likely N-dealkylation sites (tertiary alicyclic amines) is 1. The van der Waals surface area contributed by atoms with Crippen LogP contribution in [-0.2, 0) is 4.79 Å². The van der Waals surface area contributed by atoms with Gasteiger partial charge < -0.3 is 10.6 Å². The third-order valence-electron chi connectivity index (χ3n) is 2.81. The summed E-state index contributed by atoms with van der Waals surface area (Å²) in [4.78, 5) is 13.7. The van der Waals surface area contributed by atoms with E-state index in [4.69, 9.17) is 0 Å². The summed E-state index contributed by atoms with van der Waals surface area (Å²) in [5.41, 5.74) is 0. The third kappa shape index (κ3) is 5.68. The Morgan fingerprint density at radius 2 is 1.94 bits per heavy atom. The van der Waals surface area contributed by atoms with E-state index < -0.39 is 0 Å². The first-order chi connectivity index (χ1) is 7.11. The van der Waals surface area contributed by atoms with E-state index in [0.29, 0.717) is 12.6 Å². The predicted octanol–water partition coefficient (Wildman–Crippen LogP) is 0.617. The lowest BCUT2D eigenvalue weighted by atomic mass is 10.1. The number of hydrogen-bond acceptors (Lipinski definition) is 3. The van der Waals surface area contributed by atoms with Gasteiger partial charge in [-0.3, -0.25) is 9.69 Å². The highest BCUT2D eigenvalue weighted by Gasteiger charge is 2.19. The Hall–Kier alpha value is -0.320. The first-order valence-corrected chi connectivity index (χ1v) is 5.80. The second kappa shape index (κ2) is 7.87. The molecule has 0 bridgehead atoms. The van der Waals surface area contributed by atoms with Gasteiger partial charge in [0.05, 0.1) is 6.54 Å². The summed E-state index contributed by atoms with van der Waals surface area (Å²) in [5.74, 6) is 0.146. The first kappa shape index (κ1) is 15.7. The topological polar surface area (TPSA) is 44.4 Å². The Morgan fingerprint density at radius 3 is 2.38 bits per heavy atom. The van der Waals surface area contributed by atoms with Crippen LogP contribution in [0, 0.1) is 0 Å². The van der Waals surface area contributed by atoms with Gasteiger partial charge in [-0.1, -0.05) is 0 Å². The summed E-state index contributed by atoms with van der Waals surface area (Å²) in [6.07, 6.45) is 2.29. The number of nitrogens with one attached hydrogen (secondary N) is 2. The van der Waals surface area contributed by atoms with E-state index in [0.717, 1.165) is 25.9 Å². The predicted molar refractivity (Wildman–Crippen MR) is 69.0 cm³/mol. The number of amides is 1. The second-order valence-electron chi connectivity index (χ2n) is 4.56. The number of carbonyl (C=O) groups excluding carboxylic acids is 1. The largest absolute Gasteiger partial charge is 0.353 e. The Labute approximate surface area is 105 Å². The Kier molecular flexibility index (Phi) is 7.72. The van der Waals surface area contributed by atoms with Crippen molar-refractivity contribution in [2.75, 3.05) is 26.7 Å². The van der Waals surface area contributed by atoms with Crippen LogP contribution in [0.1, 0.15) is 26.7 Å². The van der Waals surface area contributed by atoms with Crippen LogP contribution >= 0.6 is 12.4 Å². The highest BCUT2D eigenvalue weighted by atomic mass is 35.5. The van der Waals surface area contributed by atoms with Crippen molar-refractivity contribution in [2.24, 2.45) is 0 Å². The molecule has 1 fully saturated rings. The molecule has 16 heavy (non-hydrogen) atoms. The molecular formula is C11H24ClN3O. The van der Waals surface area contributed by atoms with Gasteiger partial charge in [0.2, 0.25) is 5.91 Å². The van der Waals surface area contributed by atoms with Crippen LogP contribution in [0.15, 0.2) is 0 Å². The van der Waals surface area contributed by atoms with Crippen molar-refractivity contribution in [1.82, 2.24) is 15.5 Å². The van der Waals surface area contributed by atoms with Gasteiger partial charge in [-0.05, 0) is 33.7 Å². The molecule has 0 radical (unpaired) electrons. The van der Waals surface area contributed by atoms with Gasteiger partial charge >= 0.3 is 0 Å². The van der Waals surface area contributed by atoms with Crippen molar-refractivity contribution in [3.63, 3.8) is 0 Å². The van der Waals surface area contributed by atoms with Crippen molar-refractivity contribution in [1.29, 1.82) is 0 Å². The normalized spacial score (nSPS) is 18.2. The van der Waals surface area contributed by atoms with Crippen LogP contribution < -0.4 is 10.6 Å². The molecule has 0 aliphatic carbocycles. The highest BCUT2D eigenvalue weighted by Crippen LogP contribution is 2.08. The minimum Gasteiger partial charge on any atom is -0.353 e. The number of carbonyl (C=O) groups is 1. The fraction of sp³-hybridized carbons (Fsp3) is 0.909. The maximum atomic E-state index is 11.5. The fourth-order valence-electron chi connectivity index (χ4n) is 1.95. The molecule has 1 aliphatic heterocycles. The summed E-state index contributed by atoms with van der Waals surface area (Å²) in [7, 11) is 2.01. The van der Waals surface area contributed by atoms with Crippen molar-refractivity contribution < 1.29 is 4.79 Å². The Morgan fingerprint density at radius 1 is 1.38 bits per heavy atom. The molecule has 2 N–H and O–H groups in total. The van der Waals surface area contributed by atoms with Crippen LogP contribution in [0.3, 0.4) is 0 Å². The fourth-order valence-corrected chi connectivity index (χ4v) is 1.95. The minimum atomic E-state index is 0. The van der Waals surface area contributed by atoms with Crippen LogP contribution in [0.25, 0.3) is 0 Å². The zero-order valence-corrected chi connectivity index (χ0v) is 11.3. The van der Waals surface area contributed by atoms with Gasteiger partial charge in [-0.15, -0.1) is 12.4 Å². The van der Waals surface area contributed by atoms with E-state index in [1.54, 1.807) is 0 Å². The van der Waals surface area contributed by atoms with E-state index in [2.05, 4.69) is 15.5 Å². The van der Waals surface area contributed by atoms with Gasteiger partial charge in [0.15, 0.2) is 0 Å². The Balaban J connectivity index is 0.00000225. The number of hydrogen-bond donors (Lipinski definition) is 2. The van der Waals surface area contributed by atoms with E-state index in [9.17, 15) is 4.79 Å². The summed E-state index contributed by atoms with van der Waals surface area (Å²) >= 11 is 0. The van der Waals surface area contributed by atoms with Gasteiger partial charge in [0.25, 0.3) is 0 Å². The monoisotopic (exact) mass is 249 g/mol. The molecule has 1 rings (SSSR count). The highest BCUT2D eigenvalue weighted by molar-refractivity contribution is 5.85. The molecule has 0 atom stereocenters. The molecule has 0 spiro atoms. The Bertz CT molecular complexity index is 203. The maximum absolute atomic E-state index is 11.5. The number of nitrogens with zero attached hydrogens (tertiary/aromatic N) is 1. The summed E-state index contributed by atoms with van der Waals surface area (Å²) < 4.78 is 0. The molecule has 1 amide bonds. The molecule has 4 nitrogen and oxygen atoms in total. The standard InChI is InChI=1S/C11H23N3O.ClH/c1-9(2)13-11(15)8-14-6-4-10(12-3)5-7-14;/h9-10,12H,4-8H2,1-3H3,(H,13,15);1H. The average Bonchev–Trinajstić information content (AvgIpc) is 2.17. The molecule has 1 saturated heterocycles. The van der Waals surface area contributed by atoms with E-state index >= 15 is 0 Å². The lowest BCUT2D eigenvalue weighted by molar-refractivity contribution is -0.123. The molecule has 5 heteroatoms. The zero-order valence-electron chi connectivity index (χ0n) is 10.5. The zero-order chi connectivity index (χ0) is 11.3. The number of halogens is 1. The molecule has 0 aromatic rings. The van der Waals surface area contributed by atoms with Crippen LogP contribution in [0.5, 0.6) is 0 Å². The summed E-state index contributed by atoms with van der Waals surface area (Å²) in [5, 5.41) is 6.20. The molecule has 0 saturated carbocycles. The van der Waals surface area contributed by atoms with Crippen LogP contribution in [-0.4, -0.2) is 49.6 Å². The molecule has 0 aromatic heterocycles. The SMILES string of the molecule is CNC1CCN(CC(=O)NC(C)C)CC1.Cl. The number of rotatable bonds is 4.